The minimum atomic E-state index is 0.120. The number of piperidine rings is 1. The first kappa shape index (κ1) is 17.3. The first-order valence-corrected chi connectivity index (χ1v) is 8.41. The molecule has 0 saturated carbocycles. The molecule has 0 bridgehead atoms. The van der Waals surface area contributed by atoms with Gasteiger partial charge < -0.3 is 9.64 Å². The van der Waals surface area contributed by atoms with Crippen LogP contribution in [0.4, 0.5) is 0 Å². The van der Waals surface area contributed by atoms with Gasteiger partial charge in [-0.15, -0.1) is 0 Å². The van der Waals surface area contributed by atoms with Crippen LogP contribution in [0.5, 0.6) is 5.75 Å². The molecule has 1 aromatic rings. The van der Waals surface area contributed by atoms with Crippen LogP contribution >= 0.6 is 11.6 Å². The van der Waals surface area contributed by atoms with E-state index in [4.69, 9.17) is 16.3 Å². The standard InChI is InChI=1S/C18H26ClNO2/c1-12-6-5-8-20(11-12)9-7-15(21)17-14(3)18(19)13(2)10-16(17)22-4/h10,12H,5-9,11H2,1-4H3. The van der Waals surface area contributed by atoms with E-state index in [2.05, 4.69) is 11.8 Å². The Bertz CT molecular complexity index is 557. The van der Waals surface area contributed by atoms with Crippen molar-refractivity contribution in [3.8, 4) is 5.75 Å². The second-order valence-corrected chi connectivity index (χ2v) is 6.81. The summed E-state index contributed by atoms with van der Waals surface area (Å²) in [5.41, 5.74) is 2.41. The second-order valence-electron chi connectivity index (χ2n) is 6.43. The highest BCUT2D eigenvalue weighted by Gasteiger charge is 2.21. The minimum Gasteiger partial charge on any atom is -0.496 e. The lowest BCUT2D eigenvalue weighted by Gasteiger charge is -2.30. The molecule has 1 unspecified atom stereocenters. The van der Waals surface area contributed by atoms with Gasteiger partial charge >= 0.3 is 0 Å². The van der Waals surface area contributed by atoms with Gasteiger partial charge in [0.1, 0.15) is 5.75 Å². The van der Waals surface area contributed by atoms with Gasteiger partial charge in [-0.1, -0.05) is 18.5 Å². The fourth-order valence-electron chi connectivity index (χ4n) is 3.30. The summed E-state index contributed by atoms with van der Waals surface area (Å²) in [4.78, 5) is 15.1. The Morgan fingerprint density at radius 1 is 1.45 bits per heavy atom. The Hall–Kier alpha value is -1.06. The van der Waals surface area contributed by atoms with E-state index in [0.29, 0.717) is 22.8 Å². The number of carbonyl (C=O) groups excluding carboxylic acids is 1. The lowest BCUT2D eigenvalue weighted by atomic mass is 9.97. The maximum Gasteiger partial charge on any atom is 0.168 e. The Morgan fingerprint density at radius 2 is 2.18 bits per heavy atom. The van der Waals surface area contributed by atoms with E-state index in [1.54, 1.807) is 7.11 Å². The molecule has 3 nitrogen and oxygen atoms in total. The number of hydrogen-bond acceptors (Lipinski definition) is 3. The number of likely N-dealkylation sites (tertiary alicyclic amines) is 1. The second kappa shape index (κ2) is 7.47. The number of halogens is 1. The van der Waals surface area contributed by atoms with E-state index in [-0.39, 0.29) is 5.78 Å². The Morgan fingerprint density at radius 3 is 2.82 bits per heavy atom. The highest BCUT2D eigenvalue weighted by Crippen LogP contribution is 2.32. The van der Waals surface area contributed by atoms with Crippen molar-refractivity contribution < 1.29 is 9.53 Å². The average Bonchev–Trinajstić information content (AvgIpc) is 2.50. The van der Waals surface area contributed by atoms with Crippen molar-refractivity contribution in [3.05, 3.63) is 27.8 Å². The molecule has 2 rings (SSSR count). The summed E-state index contributed by atoms with van der Waals surface area (Å²) in [5, 5.41) is 0.663. The molecule has 1 saturated heterocycles. The molecule has 1 fully saturated rings. The van der Waals surface area contributed by atoms with E-state index >= 15 is 0 Å². The smallest absolute Gasteiger partial charge is 0.168 e. The molecule has 0 N–H and O–H groups in total. The topological polar surface area (TPSA) is 29.5 Å². The molecule has 1 aromatic carbocycles. The van der Waals surface area contributed by atoms with Crippen LogP contribution in [0.25, 0.3) is 0 Å². The number of ketones is 1. The summed E-state index contributed by atoms with van der Waals surface area (Å²) in [5.74, 6) is 1.49. The number of carbonyl (C=O) groups is 1. The highest BCUT2D eigenvalue weighted by molar-refractivity contribution is 6.32. The number of hydrogen-bond donors (Lipinski definition) is 0. The number of methoxy groups -OCH3 is 1. The third-order valence-corrected chi connectivity index (χ3v) is 5.12. The molecular formula is C18H26ClNO2. The van der Waals surface area contributed by atoms with Gasteiger partial charge in [-0.25, -0.2) is 0 Å². The van der Waals surface area contributed by atoms with E-state index in [0.717, 1.165) is 36.7 Å². The largest absolute Gasteiger partial charge is 0.496 e. The summed E-state index contributed by atoms with van der Waals surface area (Å²) in [6.07, 6.45) is 3.04. The molecule has 1 aliphatic rings. The SMILES string of the molecule is COc1cc(C)c(Cl)c(C)c1C(=O)CCN1CCCC(C)C1. The zero-order chi connectivity index (χ0) is 16.3. The Labute approximate surface area is 138 Å². The van der Waals surface area contributed by atoms with E-state index in [9.17, 15) is 4.79 Å². The van der Waals surface area contributed by atoms with Gasteiger partial charge in [-0.3, -0.25) is 4.79 Å². The predicted octanol–water partition coefficient (Wildman–Crippen LogP) is 4.27. The van der Waals surface area contributed by atoms with Crippen molar-refractivity contribution in [1.29, 1.82) is 0 Å². The molecule has 0 amide bonds. The fraction of sp³-hybridized carbons (Fsp3) is 0.611. The van der Waals surface area contributed by atoms with Crippen LogP contribution in [-0.2, 0) is 0 Å². The van der Waals surface area contributed by atoms with Crippen LogP contribution in [0.1, 0.15) is 47.7 Å². The zero-order valence-electron chi connectivity index (χ0n) is 14.0. The molecule has 0 aliphatic carbocycles. The average molecular weight is 324 g/mol. The third kappa shape index (κ3) is 3.82. The van der Waals surface area contributed by atoms with Crippen molar-refractivity contribution in [2.45, 2.75) is 40.0 Å². The first-order chi connectivity index (χ1) is 10.4. The maximum absolute atomic E-state index is 12.7. The number of ether oxygens (including phenoxy) is 1. The van der Waals surface area contributed by atoms with Gasteiger partial charge in [0.25, 0.3) is 0 Å². The van der Waals surface area contributed by atoms with Crippen LogP contribution in [0.2, 0.25) is 5.02 Å². The van der Waals surface area contributed by atoms with Crippen LogP contribution in [0, 0.1) is 19.8 Å². The lowest BCUT2D eigenvalue weighted by Crippen LogP contribution is -2.35. The first-order valence-electron chi connectivity index (χ1n) is 8.03. The molecule has 1 atom stereocenters. The van der Waals surface area contributed by atoms with E-state index < -0.39 is 0 Å². The van der Waals surface area contributed by atoms with Crippen molar-refractivity contribution in [2.75, 3.05) is 26.7 Å². The molecule has 1 heterocycles. The van der Waals surface area contributed by atoms with Gasteiger partial charge in [0.15, 0.2) is 5.78 Å². The Balaban J connectivity index is 2.10. The molecular weight excluding hydrogens is 298 g/mol. The minimum absolute atomic E-state index is 0.120. The molecule has 0 radical (unpaired) electrons. The highest BCUT2D eigenvalue weighted by atomic mass is 35.5. The summed E-state index contributed by atoms with van der Waals surface area (Å²) < 4.78 is 5.40. The zero-order valence-corrected chi connectivity index (χ0v) is 14.8. The summed E-state index contributed by atoms with van der Waals surface area (Å²) in [7, 11) is 1.60. The molecule has 0 aromatic heterocycles. The predicted molar refractivity (Wildman–Crippen MR) is 91.3 cm³/mol. The van der Waals surface area contributed by atoms with E-state index in [1.807, 2.05) is 19.9 Å². The van der Waals surface area contributed by atoms with Gasteiger partial charge in [0, 0.05) is 24.5 Å². The van der Waals surface area contributed by atoms with Gasteiger partial charge in [0.05, 0.1) is 12.7 Å². The molecule has 22 heavy (non-hydrogen) atoms. The number of aryl methyl sites for hydroxylation is 1. The van der Waals surface area contributed by atoms with Crippen molar-refractivity contribution in [2.24, 2.45) is 5.92 Å². The van der Waals surface area contributed by atoms with Crippen molar-refractivity contribution >= 4 is 17.4 Å². The molecule has 1 aliphatic heterocycles. The summed E-state index contributed by atoms with van der Waals surface area (Å²) >= 11 is 6.31. The quantitative estimate of drug-likeness (QED) is 0.758. The molecule has 4 heteroatoms. The summed E-state index contributed by atoms with van der Waals surface area (Å²) in [6, 6.07) is 1.85. The van der Waals surface area contributed by atoms with Crippen LogP contribution in [0.15, 0.2) is 6.07 Å². The lowest BCUT2D eigenvalue weighted by molar-refractivity contribution is 0.0945. The van der Waals surface area contributed by atoms with Gasteiger partial charge in [-0.05, 0) is 56.3 Å². The molecule has 0 spiro atoms. The van der Waals surface area contributed by atoms with Crippen LogP contribution in [0.3, 0.4) is 0 Å². The van der Waals surface area contributed by atoms with Crippen LogP contribution < -0.4 is 4.74 Å². The molecule has 122 valence electrons. The van der Waals surface area contributed by atoms with Crippen molar-refractivity contribution in [1.82, 2.24) is 4.90 Å². The number of Topliss-reactive ketones (excluding diaryl/α,β-unsaturated/α-hetero) is 1. The number of nitrogens with zero attached hydrogens (tertiary/aromatic N) is 1. The van der Waals surface area contributed by atoms with Gasteiger partial charge in [0.2, 0.25) is 0 Å². The fourth-order valence-corrected chi connectivity index (χ4v) is 3.45. The van der Waals surface area contributed by atoms with Crippen molar-refractivity contribution in [3.63, 3.8) is 0 Å². The third-order valence-electron chi connectivity index (χ3n) is 4.54. The summed E-state index contributed by atoms with van der Waals surface area (Å²) in [6.45, 7) is 9.12. The normalized spacial score (nSPS) is 19.2. The van der Waals surface area contributed by atoms with Gasteiger partial charge in [-0.2, -0.15) is 0 Å². The maximum atomic E-state index is 12.7. The van der Waals surface area contributed by atoms with Crippen LogP contribution in [-0.4, -0.2) is 37.4 Å². The monoisotopic (exact) mass is 323 g/mol. The number of benzene rings is 1. The van der Waals surface area contributed by atoms with E-state index in [1.165, 1.54) is 12.8 Å². The Kier molecular flexibility index (Phi) is 5.87. The number of rotatable bonds is 5.